The summed E-state index contributed by atoms with van der Waals surface area (Å²) in [6.07, 6.45) is 10.5. The lowest BCUT2D eigenvalue weighted by atomic mass is 9.46. The zero-order valence-electron chi connectivity index (χ0n) is 17.3. The Balaban J connectivity index is 1.64. The number of ether oxygens (including phenoxy) is 2. The van der Waals surface area contributed by atoms with Gasteiger partial charge in [0.25, 0.3) is 0 Å². The lowest BCUT2D eigenvalue weighted by Crippen LogP contribution is -2.76. The Morgan fingerprint density at radius 2 is 1.96 bits per heavy atom. The SMILES string of the molecule is COc1ccc2c(c1)[C@@]13CCC[C@@H](C)[C@@]1(OC)[C@@H](C2)N(CC1CCC1)CC3. The minimum absolute atomic E-state index is 0.0490. The first-order valence-corrected chi connectivity index (χ1v) is 11.1. The molecule has 4 aliphatic rings. The summed E-state index contributed by atoms with van der Waals surface area (Å²) < 4.78 is 12.3. The molecule has 3 fully saturated rings. The van der Waals surface area contributed by atoms with E-state index in [-0.39, 0.29) is 11.0 Å². The molecule has 2 bridgehead atoms. The van der Waals surface area contributed by atoms with Crippen LogP contribution in [0.5, 0.6) is 5.75 Å². The average Bonchev–Trinajstić information content (AvgIpc) is 2.65. The molecule has 3 aliphatic carbocycles. The van der Waals surface area contributed by atoms with Gasteiger partial charge in [0.15, 0.2) is 0 Å². The first kappa shape index (κ1) is 18.0. The van der Waals surface area contributed by atoms with Gasteiger partial charge in [-0.3, -0.25) is 4.90 Å². The number of fused-ring (bicyclic) bond motifs is 1. The quantitative estimate of drug-likeness (QED) is 0.776. The molecule has 0 unspecified atom stereocenters. The number of piperidine rings is 1. The largest absolute Gasteiger partial charge is 0.497 e. The van der Waals surface area contributed by atoms with Gasteiger partial charge in [-0.2, -0.15) is 0 Å². The maximum atomic E-state index is 6.66. The Morgan fingerprint density at radius 1 is 1.11 bits per heavy atom. The molecule has 3 heteroatoms. The summed E-state index contributed by atoms with van der Waals surface area (Å²) in [7, 11) is 3.79. The molecule has 1 saturated heterocycles. The first-order chi connectivity index (χ1) is 13.1. The molecular weight excluding hydrogens is 334 g/mol. The van der Waals surface area contributed by atoms with Crippen LogP contribution in [0.3, 0.4) is 0 Å². The second-order valence-electron chi connectivity index (χ2n) is 9.66. The van der Waals surface area contributed by atoms with Gasteiger partial charge in [-0.15, -0.1) is 0 Å². The van der Waals surface area contributed by atoms with Crippen molar-refractivity contribution in [1.29, 1.82) is 0 Å². The average molecular weight is 370 g/mol. The van der Waals surface area contributed by atoms with Gasteiger partial charge in [0.2, 0.25) is 0 Å². The topological polar surface area (TPSA) is 21.7 Å². The zero-order valence-corrected chi connectivity index (χ0v) is 17.3. The lowest BCUT2D eigenvalue weighted by molar-refractivity contribution is -0.213. The number of rotatable bonds is 4. The highest BCUT2D eigenvalue weighted by molar-refractivity contribution is 5.49. The van der Waals surface area contributed by atoms with Crippen LogP contribution in [0, 0.1) is 11.8 Å². The maximum Gasteiger partial charge on any atom is 0.119 e. The molecule has 0 aromatic heterocycles. The third-order valence-corrected chi connectivity index (χ3v) is 8.78. The van der Waals surface area contributed by atoms with Crippen molar-refractivity contribution in [3.63, 3.8) is 0 Å². The van der Waals surface area contributed by atoms with Crippen molar-refractivity contribution in [2.45, 2.75) is 75.3 Å². The van der Waals surface area contributed by atoms with E-state index in [2.05, 4.69) is 30.0 Å². The van der Waals surface area contributed by atoms with Crippen LogP contribution in [-0.4, -0.2) is 43.9 Å². The highest BCUT2D eigenvalue weighted by Gasteiger charge is 2.67. The van der Waals surface area contributed by atoms with E-state index in [0.29, 0.717) is 12.0 Å². The first-order valence-electron chi connectivity index (χ1n) is 11.1. The summed E-state index contributed by atoms with van der Waals surface area (Å²) in [4.78, 5) is 2.83. The molecule has 3 nitrogen and oxygen atoms in total. The predicted molar refractivity (Wildman–Crippen MR) is 108 cm³/mol. The van der Waals surface area contributed by atoms with Crippen molar-refractivity contribution in [3.8, 4) is 5.75 Å². The Morgan fingerprint density at radius 3 is 2.67 bits per heavy atom. The van der Waals surface area contributed by atoms with E-state index in [4.69, 9.17) is 9.47 Å². The second kappa shape index (κ2) is 6.49. The fourth-order valence-electron chi connectivity index (χ4n) is 7.35. The van der Waals surface area contributed by atoms with Crippen LogP contribution in [0.15, 0.2) is 18.2 Å². The van der Waals surface area contributed by atoms with Crippen molar-refractivity contribution in [2.75, 3.05) is 27.3 Å². The van der Waals surface area contributed by atoms with Crippen molar-refractivity contribution >= 4 is 0 Å². The zero-order chi connectivity index (χ0) is 18.6. The number of hydrogen-bond donors (Lipinski definition) is 0. The normalized spacial score (nSPS) is 38.6. The van der Waals surface area contributed by atoms with Gasteiger partial charge in [0, 0.05) is 25.1 Å². The number of likely N-dealkylation sites (tertiary alicyclic amines) is 1. The van der Waals surface area contributed by atoms with E-state index < -0.39 is 0 Å². The van der Waals surface area contributed by atoms with Crippen molar-refractivity contribution in [1.82, 2.24) is 4.90 Å². The molecule has 1 heterocycles. The highest BCUT2D eigenvalue weighted by Crippen LogP contribution is 2.62. The van der Waals surface area contributed by atoms with Gasteiger partial charge in [-0.05, 0) is 80.2 Å². The van der Waals surface area contributed by atoms with Crippen LogP contribution in [-0.2, 0) is 16.6 Å². The van der Waals surface area contributed by atoms with Gasteiger partial charge in [-0.25, -0.2) is 0 Å². The molecule has 27 heavy (non-hydrogen) atoms. The van der Waals surface area contributed by atoms with E-state index in [9.17, 15) is 0 Å². The summed E-state index contributed by atoms with van der Waals surface area (Å²) in [5.74, 6) is 2.52. The fraction of sp³-hybridized carbons (Fsp3) is 0.750. The van der Waals surface area contributed by atoms with Crippen LogP contribution in [0.1, 0.15) is 63.0 Å². The molecule has 0 N–H and O–H groups in total. The van der Waals surface area contributed by atoms with Crippen LogP contribution >= 0.6 is 0 Å². The monoisotopic (exact) mass is 369 g/mol. The minimum atomic E-state index is -0.0490. The van der Waals surface area contributed by atoms with E-state index in [1.165, 1.54) is 63.6 Å². The Kier molecular flexibility index (Phi) is 4.32. The molecule has 4 atom stereocenters. The van der Waals surface area contributed by atoms with E-state index in [1.54, 1.807) is 12.7 Å². The van der Waals surface area contributed by atoms with Crippen molar-refractivity contribution in [2.24, 2.45) is 11.8 Å². The Bertz CT molecular complexity index is 714. The molecule has 1 aliphatic heterocycles. The van der Waals surface area contributed by atoms with Crippen molar-refractivity contribution < 1.29 is 9.47 Å². The fourth-order valence-corrected chi connectivity index (χ4v) is 7.35. The van der Waals surface area contributed by atoms with E-state index >= 15 is 0 Å². The Labute approximate surface area is 164 Å². The summed E-state index contributed by atoms with van der Waals surface area (Å²) >= 11 is 0. The van der Waals surface area contributed by atoms with Crippen LogP contribution < -0.4 is 4.74 Å². The molecule has 1 aromatic rings. The number of methoxy groups -OCH3 is 2. The molecule has 0 amide bonds. The summed E-state index contributed by atoms with van der Waals surface area (Å²) in [6.45, 7) is 4.97. The van der Waals surface area contributed by atoms with Gasteiger partial charge in [0.05, 0.1) is 12.7 Å². The molecular formula is C24H35NO2. The molecule has 0 radical (unpaired) electrons. The third-order valence-electron chi connectivity index (χ3n) is 8.78. The standard InChI is InChI=1S/C24H35NO2/c1-17-6-5-11-23-12-13-25(16-18-7-4-8-18)22(24(17,23)27-3)14-19-9-10-20(26-2)15-21(19)23/h9-10,15,17-18,22H,4-8,11-14,16H2,1-3H3/t17-,22-,23+,24-/m1/s1. The maximum absolute atomic E-state index is 6.66. The highest BCUT2D eigenvalue weighted by atomic mass is 16.5. The lowest BCUT2D eigenvalue weighted by Gasteiger charge is -2.67. The molecule has 148 valence electrons. The molecule has 2 saturated carbocycles. The van der Waals surface area contributed by atoms with Gasteiger partial charge < -0.3 is 9.47 Å². The molecule has 0 spiro atoms. The minimum Gasteiger partial charge on any atom is -0.497 e. The van der Waals surface area contributed by atoms with Gasteiger partial charge in [-0.1, -0.05) is 25.8 Å². The van der Waals surface area contributed by atoms with Crippen LogP contribution in [0.25, 0.3) is 0 Å². The van der Waals surface area contributed by atoms with Crippen LogP contribution in [0.2, 0.25) is 0 Å². The summed E-state index contributed by atoms with van der Waals surface area (Å²) in [6, 6.07) is 7.37. The summed E-state index contributed by atoms with van der Waals surface area (Å²) in [5.41, 5.74) is 3.19. The van der Waals surface area contributed by atoms with E-state index in [0.717, 1.165) is 18.1 Å². The third kappa shape index (κ3) is 2.34. The van der Waals surface area contributed by atoms with Gasteiger partial charge >= 0.3 is 0 Å². The van der Waals surface area contributed by atoms with Crippen molar-refractivity contribution in [3.05, 3.63) is 29.3 Å². The number of nitrogens with zero attached hydrogens (tertiary/aromatic N) is 1. The summed E-state index contributed by atoms with van der Waals surface area (Å²) in [5, 5.41) is 0. The second-order valence-corrected chi connectivity index (χ2v) is 9.66. The smallest absolute Gasteiger partial charge is 0.119 e. The Hall–Kier alpha value is -1.06. The van der Waals surface area contributed by atoms with Crippen LogP contribution in [0.4, 0.5) is 0 Å². The number of hydrogen-bond acceptors (Lipinski definition) is 3. The molecule has 5 rings (SSSR count). The predicted octanol–water partition coefficient (Wildman–Crippen LogP) is 4.57. The molecule has 1 aromatic carbocycles. The van der Waals surface area contributed by atoms with E-state index in [1.807, 2.05) is 7.11 Å². The number of benzene rings is 1. The van der Waals surface area contributed by atoms with Gasteiger partial charge in [0.1, 0.15) is 5.75 Å².